The van der Waals surface area contributed by atoms with E-state index in [2.05, 4.69) is 54.8 Å². The lowest BCUT2D eigenvalue weighted by atomic mass is 10.1. The Morgan fingerprint density at radius 3 is 2.38 bits per heavy atom. The van der Waals surface area contributed by atoms with Gasteiger partial charge in [0.2, 0.25) is 5.91 Å². The summed E-state index contributed by atoms with van der Waals surface area (Å²) in [6.07, 6.45) is 0.463. The van der Waals surface area contributed by atoms with Crippen LogP contribution in [-0.4, -0.2) is 78.2 Å². The van der Waals surface area contributed by atoms with E-state index in [9.17, 15) is 4.79 Å². The van der Waals surface area contributed by atoms with Crippen molar-refractivity contribution in [1.82, 2.24) is 19.8 Å². The predicted molar refractivity (Wildman–Crippen MR) is 137 cm³/mol. The summed E-state index contributed by atoms with van der Waals surface area (Å²) in [5.41, 5.74) is 3.56. The Labute approximate surface area is 205 Å². The predicted octanol–water partition coefficient (Wildman–Crippen LogP) is 3.34. The number of fused-ring (bicyclic) bond motifs is 1. The maximum atomic E-state index is 12.9. The summed E-state index contributed by atoms with van der Waals surface area (Å²) in [6, 6.07) is 8.25. The molecule has 8 heteroatoms. The molecule has 0 bridgehead atoms. The molecule has 0 unspecified atom stereocenters. The number of aromatic nitrogens is 2. The van der Waals surface area contributed by atoms with Crippen LogP contribution in [0.5, 0.6) is 0 Å². The van der Waals surface area contributed by atoms with Crippen molar-refractivity contribution in [2.75, 3.05) is 57.4 Å². The van der Waals surface area contributed by atoms with E-state index in [1.807, 2.05) is 4.90 Å². The van der Waals surface area contributed by atoms with Gasteiger partial charge in [0.25, 0.3) is 0 Å². The molecule has 0 spiro atoms. The molecule has 0 saturated carbocycles. The summed E-state index contributed by atoms with van der Waals surface area (Å²) < 4.78 is 5.50. The molecule has 2 aromatic heterocycles. The Balaban J connectivity index is 1.32. The van der Waals surface area contributed by atoms with Gasteiger partial charge in [0.15, 0.2) is 0 Å². The van der Waals surface area contributed by atoms with Crippen molar-refractivity contribution in [3.63, 3.8) is 0 Å². The van der Waals surface area contributed by atoms with Crippen LogP contribution in [-0.2, 0) is 22.5 Å². The molecule has 0 radical (unpaired) electrons. The van der Waals surface area contributed by atoms with Gasteiger partial charge >= 0.3 is 0 Å². The van der Waals surface area contributed by atoms with Gasteiger partial charge in [0, 0.05) is 44.1 Å². The monoisotopic (exact) mass is 479 g/mol. The minimum absolute atomic E-state index is 0.201. The van der Waals surface area contributed by atoms with Crippen molar-refractivity contribution in [3.05, 3.63) is 51.7 Å². The maximum absolute atomic E-state index is 12.9. The highest BCUT2D eigenvalue weighted by Gasteiger charge is 2.26. The van der Waals surface area contributed by atoms with E-state index in [0.717, 1.165) is 81.1 Å². The van der Waals surface area contributed by atoms with Crippen LogP contribution in [0.15, 0.2) is 24.3 Å². The number of amides is 1. The number of morpholine rings is 1. The lowest BCUT2D eigenvalue weighted by molar-refractivity contribution is -0.130. The minimum atomic E-state index is 0.201. The molecule has 0 aliphatic carbocycles. The average Bonchev–Trinajstić information content (AvgIpc) is 3.14. The minimum Gasteiger partial charge on any atom is -0.379 e. The first-order valence-corrected chi connectivity index (χ1v) is 12.9. The number of rotatable bonds is 5. The van der Waals surface area contributed by atoms with Gasteiger partial charge in [-0.3, -0.25) is 9.69 Å². The molecule has 4 heterocycles. The summed E-state index contributed by atoms with van der Waals surface area (Å²) in [4.78, 5) is 32.0. The number of anilines is 1. The highest BCUT2D eigenvalue weighted by Crippen LogP contribution is 2.35. The van der Waals surface area contributed by atoms with E-state index in [0.29, 0.717) is 6.42 Å². The molecule has 34 heavy (non-hydrogen) atoms. The number of carbonyl (C=O) groups is 1. The molecule has 180 valence electrons. The van der Waals surface area contributed by atoms with Crippen molar-refractivity contribution in [1.29, 1.82) is 0 Å². The van der Waals surface area contributed by atoms with Crippen molar-refractivity contribution < 1.29 is 9.53 Å². The Hall–Kier alpha value is -2.55. The number of benzene rings is 1. The number of carbonyl (C=O) groups excluding carboxylic acids is 1. The van der Waals surface area contributed by atoms with Crippen molar-refractivity contribution in [2.24, 2.45) is 0 Å². The van der Waals surface area contributed by atoms with Crippen LogP contribution in [0.1, 0.15) is 27.4 Å². The largest absolute Gasteiger partial charge is 0.379 e. The lowest BCUT2D eigenvalue weighted by Crippen LogP contribution is -2.49. The number of piperazine rings is 1. The van der Waals surface area contributed by atoms with E-state index in [1.54, 1.807) is 11.3 Å². The number of ether oxygens (including phenoxy) is 1. The van der Waals surface area contributed by atoms with Gasteiger partial charge in [-0.2, -0.15) is 0 Å². The first-order valence-electron chi connectivity index (χ1n) is 12.1. The smallest absolute Gasteiger partial charge is 0.227 e. The van der Waals surface area contributed by atoms with Gasteiger partial charge in [0.1, 0.15) is 16.5 Å². The Bertz CT molecular complexity index is 1160. The highest BCUT2D eigenvalue weighted by atomic mass is 32.1. The maximum Gasteiger partial charge on any atom is 0.227 e. The lowest BCUT2D eigenvalue weighted by Gasteiger charge is -2.36. The van der Waals surface area contributed by atoms with Crippen LogP contribution in [0.4, 0.5) is 5.82 Å². The Morgan fingerprint density at radius 1 is 0.971 bits per heavy atom. The highest BCUT2D eigenvalue weighted by molar-refractivity contribution is 7.18. The zero-order valence-corrected chi connectivity index (χ0v) is 21.2. The summed E-state index contributed by atoms with van der Waals surface area (Å²) in [5.74, 6) is 2.11. The molecular formula is C26H33N5O2S. The second kappa shape index (κ2) is 9.98. The Morgan fingerprint density at radius 2 is 1.68 bits per heavy atom. The molecule has 3 aromatic rings. The number of aryl methyl sites for hydroxylation is 3. The summed E-state index contributed by atoms with van der Waals surface area (Å²) in [5, 5.41) is 1.17. The van der Waals surface area contributed by atoms with E-state index in [-0.39, 0.29) is 5.91 Å². The molecular weight excluding hydrogens is 446 g/mol. The van der Waals surface area contributed by atoms with E-state index < -0.39 is 0 Å². The fourth-order valence-corrected chi connectivity index (χ4v) is 5.73. The standard InChI is InChI=1S/C26H33N5O2S/c1-18-4-6-21(7-5-18)16-23(32)30-8-10-31(11-9-30)25-24-19(2)20(3)34-26(24)28-22(27-25)17-29-12-14-33-15-13-29/h4-7H,8-17H2,1-3H3. The quantitative estimate of drug-likeness (QED) is 0.559. The second-order valence-electron chi connectivity index (χ2n) is 9.35. The van der Waals surface area contributed by atoms with Gasteiger partial charge in [-0.1, -0.05) is 29.8 Å². The first-order chi connectivity index (χ1) is 16.5. The van der Waals surface area contributed by atoms with Crippen LogP contribution < -0.4 is 4.90 Å². The molecule has 1 amide bonds. The normalized spacial score (nSPS) is 17.5. The first kappa shape index (κ1) is 23.2. The van der Waals surface area contributed by atoms with Gasteiger partial charge in [-0.05, 0) is 31.9 Å². The zero-order chi connectivity index (χ0) is 23.7. The second-order valence-corrected chi connectivity index (χ2v) is 10.5. The molecule has 2 fully saturated rings. The van der Waals surface area contributed by atoms with Crippen LogP contribution >= 0.6 is 11.3 Å². The number of hydrogen-bond acceptors (Lipinski definition) is 7. The fraction of sp³-hybridized carbons (Fsp3) is 0.500. The molecule has 0 N–H and O–H groups in total. The van der Waals surface area contributed by atoms with Crippen LogP contribution in [0, 0.1) is 20.8 Å². The van der Waals surface area contributed by atoms with Crippen LogP contribution in [0.3, 0.4) is 0 Å². The van der Waals surface area contributed by atoms with Crippen LogP contribution in [0.25, 0.3) is 10.2 Å². The summed E-state index contributed by atoms with van der Waals surface area (Å²) >= 11 is 1.76. The third-order valence-electron chi connectivity index (χ3n) is 6.93. The molecule has 2 aliphatic heterocycles. The number of thiophene rings is 1. The van der Waals surface area contributed by atoms with E-state index in [1.165, 1.54) is 21.4 Å². The molecule has 7 nitrogen and oxygen atoms in total. The van der Waals surface area contributed by atoms with Crippen molar-refractivity contribution >= 4 is 33.3 Å². The van der Waals surface area contributed by atoms with E-state index in [4.69, 9.17) is 14.7 Å². The van der Waals surface area contributed by atoms with E-state index >= 15 is 0 Å². The van der Waals surface area contributed by atoms with Gasteiger partial charge in [-0.25, -0.2) is 9.97 Å². The Kier molecular flexibility index (Phi) is 6.81. The SMILES string of the molecule is Cc1ccc(CC(=O)N2CCN(c3nc(CN4CCOCC4)nc4sc(C)c(C)c34)CC2)cc1. The molecule has 2 saturated heterocycles. The summed E-state index contributed by atoms with van der Waals surface area (Å²) in [6.45, 7) is 13.5. The van der Waals surface area contributed by atoms with Gasteiger partial charge < -0.3 is 14.5 Å². The van der Waals surface area contributed by atoms with Gasteiger partial charge in [-0.15, -0.1) is 11.3 Å². The third-order valence-corrected chi connectivity index (χ3v) is 8.03. The molecule has 0 atom stereocenters. The number of hydrogen-bond donors (Lipinski definition) is 0. The van der Waals surface area contributed by atoms with Gasteiger partial charge in [0.05, 0.1) is 31.6 Å². The summed E-state index contributed by atoms with van der Waals surface area (Å²) in [7, 11) is 0. The van der Waals surface area contributed by atoms with Crippen molar-refractivity contribution in [3.8, 4) is 0 Å². The average molecular weight is 480 g/mol. The van der Waals surface area contributed by atoms with Crippen molar-refractivity contribution in [2.45, 2.75) is 33.7 Å². The topological polar surface area (TPSA) is 61.8 Å². The molecule has 1 aromatic carbocycles. The zero-order valence-electron chi connectivity index (χ0n) is 20.3. The molecule has 2 aliphatic rings. The fourth-order valence-electron chi connectivity index (χ4n) is 4.69. The van der Waals surface area contributed by atoms with Crippen LogP contribution in [0.2, 0.25) is 0 Å². The number of nitrogens with zero attached hydrogens (tertiary/aromatic N) is 5. The third kappa shape index (κ3) is 4.94. The molecule has 5 rings (SSSR count).